The number of hydrogen-bond acceptors (Lipinski definition) is 4. The van der Waals surface area contributed by atoms with Crippen molar-refractivity contribution in [2.75, 3.05) is 6.61 Å². The molecule has 1 aromatic heterocycles. The number of amides is 1. The van der Waals surface area contributed by atoms with E-state index in [1.54, 1.807) is 6.20 Å². The fraction of sp³-hybridized carbons (Fsp3) is 0.121. The van der Waals surface area contributed by atoms with Gasteiger partial charge in [0.05, 0.1) is 5.52 Å². The van der Waals surface area contributed by atoms with Gasteiger partial charge < -0.3 is 15.2 Å². The average Bonchev–Trinajstić information content (AvgIpc) is 3.29. The van der Waals surface area contributed by atoms with E-state index in [0.29, 0.717) is 0 Å². The Kier molecular flexibility index (Phi) is 6.51. The first kappa shape index (κ1) is 24.4. The smallest absolute Gasteiger partial charge is 0.407 e. The molecule has 6 rings (SSSR count). The number of carbonyl (C=O) groups is 2. The van der Waals surface area contributed by atoms with E-state index in [0.717, 1.165) is 49.8 Å². The molecule has 1 amide bonds. The molecule has 4 aromatic carbocycles. The SMILES string of the molecule is O=C(NC(Cc1ccc(-c2ccnc3ccccc23)cc1)C(=O)O)OCC1c2ccccc2-c2ccccc21. The van der Waals surface area contributed by atoms with E-state index in [9.17, 15) is 14.7 Å². The normalized spacial score (nSPS) is 12.9. The van der Waals surface area contributed by atoms with Crippen LogP contribution in [0.5, 0.6) is 0 Å². The lowest BCUT2D eigenvalue weighted by Gasteiger charge is -2.18. The monoisotopic (exact) mass is 514 g/mol. The molecule has 0 saturated heterocycles. The molecule has 5 aromatic rings. The number of ether oxygens (including phenoxy) is 1. The van der Waals surface area contributed by atoms with Crippen molar-refractivity contribution in [3.8, 4) is 22.3 Å². The topological polar surface area (TPSA) is 88.5 Å². The van der Waals surface area contributed by atoms with Crippen LogP contribution in [0.2, 0.25) is 0 Å². The van der Waals surface area contributed by atoms with Gasteiger partial charge >= 0.3 is 12.1 Å². The maximum absolute atomic E-state index is 12.7. The number of nitrogens with zero attached hydrogens (tertiary/aromatic N) is 1. The maximum atomic E-state index is 12.7. The van der Waals surface area contributed by atoms with Gasteiger partial charge in [-0.25, -0.2) is 9.59 Å². The molecule has 0 fully saturated rings. The van der Waals surface area contributed by atoms with E-state index in [2.05, 4.69) is 22.4 Å². The van der Waals surface area contributed by atoms with Gasteiger partial charge in [0, 0.05) is 23.9 Å². The summed E-state index contributed by atoms with van der Waals surface area (Å²) in [5.74, 6) is -1.21. The number of carbonyl (C=O) groups excluding carboxylic acids is 1. The second kappa shape index (κ2) is 10.4. The molecule has 0 bridgehead atoms. The Balaban J connectivity index is 1.12. The van der Waals surface area contributed by atoms with Gasteiger partial charge in [-0.05, 0) is 51.1 Å². The van der Waals surface area contributed by atoms with Crippen molar-refractivity contribution in [3.05, 3.63) is 126 Å². The molecule has 2 N–H and O–H groups in total. The summed E-state index contributed by atoms with van der Waals surface area (Å²) < 4.78 is 5.56. The summed E-state index contributed by atoms with van der Waals surface area (Å²) in [7, 11) is 0. The molecule has 6 nitrogen and oxygen atoms in total. The van der Waals surface area contributed by atoms with Gasteiger partial charge in [-0.3, -0.25) is 4.98 Å². The fourth-order valence-electron chi connectivity index (χ4n) is 5.39. The van der Waals surface area contributed by atoms with Crippen molar-refractivity contribution < 1.29 is 19.4 Å². The molecule has 0 spiro atoms. The Labute approximate surface area is 225 Å². The van der Waals surface area contributed by atoms with E-state index >= 15 is 0 Å². The first-order valence-corrected chi connectivity index (χ1v) is 12.9. The number of carboxylic acids is 1. The maximum Gasteiger partial charge on any atom is 0.407 e. The van der Waals surface area contributed by atoms with Crippen LogP contribution in [0.15, 0.2) is 109 Å². The van der Waals surface area contributed by atoms with E-state index < -0.39 is 18.1 Å². The lowest BCUT2D eigenvalue weighted by atomic mass is 9.98. The molecule has 1 aliphatic carbocycles. The van der Waals surface area contributed by atoms with E-state index in [4.69, 9.17) is 4.74 Å². The zero-order valence-corrected chi connectivity index (χ0v) is 21.1. The molecule has 0 aliphatic heterocycles. The van der Waals surface area contributed by atoms with E-state index in [1.807, 2.05) is 91.0 Å². The van der Waals surface area contributed by atoms with Crippen molar-refractivity contribution >= 4 is 23.0 Å². The number of rotatable bonds is 7. The molecule has 39 heavy (non-hydrogen) atoms. The molecule has 6 heteroatoms. The van der Waals surface area contributed by atoms with E-state index in [1.165, 1.54) is 0 Å². The predicted molar refractivity (Wildman–Crippen MR) is 151 cm³/mol. The van der Waals surface area contributed by atoms with Crippen molar-refractivity contribution in [2.24, 2.45) is 0 Å². The van der Waals surface area contributed by atoms with Gasteiger partial charge in [-0.1, -0.05) is 91.0 Å². The molecular weight excluding hydrogens is 488 g/mol. The number of nitrogens with one attached hydrogen (secondary N) is 1. The second-order valence-corrected chi connectivity index (χ2v) is 9.64. The van der Waals surface area contributed by atoms with Gasteiger partial charge in [0.25, 0.3) is 0 Å². The highest BCUT2D eigenvalue weighted by Crippen LogP contribution is 2.44. The lowest BCUT2D eigenvalue weighted by Crippen LogP contribution is -2.42. The van der Waals surface area contributed by atoms with Crippen LogP contribution in [0.25, 0.3) is 33.2 Å². The minimum atomic E-state index is -1.12. The molecule has 1 unspecified atom stereocenters. The third-order valence-electron chi connectivity index (χ3n) is 7.29. The summed E-state index contributed by atoms with van der Waals surface area (Å²) in [4.78, 5) is 29.1. The van der Waals surface area contributed by atoms with Gasteiger partial charge in [0.1, 0.15) is 12.6 Å². The summed E-state index contributed by atoms with van der Waals surface area (Å²) >= 11 is 0. The molecule has 1 atom stereocenters. The van der Waals surface area contributed by atoms with Crippen molar-refractivity contribution in [2.45, 2.75) is 18.4 Å². The highest BCUT2D eigenvalue weighted by molar-refractivity contribution is 5.94. The molecule has 0 saturated carbocycles. The molecule has 1 aliphatic rings. The third kappa shape index (κ3) is 4.84. The van der Waals surface area contributed by atoms with Crippen LogP contribution in [0.3, 0.4) is 0 Å². The third-order valence-corrected chi connectivity index (χ3v) is 7.29. The lowest BCUT2D eigenvalue weighted by molar-refractivity contribution is -0.139. The molecular formula is C33H26N2O4. The number of fused-ring (bicyclic) bond motifs is 4. The highest BCUT2D eigenvalue weighted by Gasteiger charge is 2.29. The van der Waals surface area contributed by atoms with Crippen LogP contribution in [-0.4, -0.2) is 34.8 Å². The summed E-state index contributed by atoms with van der Waals surface area (Å²) in [6.07, 6.45) is 1.17. The van der Waals surface area contributed by atoms with Gasteiger partial charge in [0.15, 0.2) is 0 Å². The number of benzene rings is 4. The Morgan fingerprint density at radius 2 is 1.44 bits per heavy atom. The minimum absolute atomic E-state index is 0.0942. The van der Waals surface area contributed by atoms with Gasteiger partial charge in [-0.2, -0.15) is 0 Å². The fourth-order valence-corrected chi connectivity index (χ4v) is 5.39. The number of aromatic nitrogens is 1. The number of para-hydroxylation sites is 1. The van der Waals surface area contributed by atoms with Gasteiger partial charge in [0.2, 0.25) is 0 Å². The quantitative estimate of drug-likeness (QED) is 0.261. The zero-order valence-electron chi connectivity index (χ0n) is 21.1. The number of alkyl carbamates (subject to hydrolysis) is 1. The largest absolute Gasteiger partial charge is 0.480 e. The van der Waals surface area contributed by atoms with Crippen LogP contribution < -0.4 is 5.32 Å². The van der Waals surface area contributed by atoms with Crippen LogP contribution in [0.4, 0.5) is 4.79 Å². The average molecular weight is 515 g/mol. The molecule has 1 heterocycles. The Morgan fingerprint density at radius 1 is 0.795 bits per heavy atom. The van der Waals surface area contributed by atoms with Crippen molar-refractivity contribution in [1.82, 2.24) is 10.3 Å². The van der Waals surface area contributed by atoms with Crippen LogP contribution >= 0.6 is 0 Å². The summed E-state index contributed by atoms with van der Waals surface area (Å²) in [5, 5.41) is 13.4. The van der Waals surface area contributed by atoms with Crippen molar-refractivity contribution in [1.29, 1.82) is 0 Å². The zero-order chi connectivity index (χ0) is 26.8. The summed E-state index contributed by atoms with van der Waals surface area (Å²) in [6.45, 7) is 0.126. The number of hydrogen-bond donors (Lipinski definition) is 2. The summed E-state index contributed by atoms with van der Waals surface area (Å²) in [6, 6.07) is 32.6. The van der Waals surface area contributed by atoms with E-state index in [-0.39, 0.29) is 18.9 Å². The molecule has 192 valence electrons. The van der Waals surface area contributed by atoms with Crippen LogP contribution in [0, 0.1) is 0 Å². The second-order valence-electron chi connectivity index (χ2n) is 9.64. The number of carboxylic acid groups (broad SMARTS) is 1. The van der Waals surface area contributed by atoms with Crippen molar-refractivity contribution in [3.63, 3.8) is 0 Å². The number of pyridine rings is 1. The first-order chi connectivity index (χ1) is 19.1. The Morgan fingerprint density at radius 3 is 2.13 bits per heavy atom. The van der Waals surface area contributed by atoms with Crippen LogP contribution in [0.1, 0.15) is 22.6 Å². The predicted octanol–water partition coefficient (Wildman–Crippen LogP) is 6.44. The minimum Gasteiger partial charge on any atom is -0.480 e. The Hall–Kier alpha value is -4.97. The molecule has 0 radical (unpaired) electrons. The van der Waals surface area contributed by atoms with Gasteiger partial charge in [-0.15, -0.1) is 0 Å². The Bertz CT molecular complexity index is 1630. The highest BCUT2D eigenvalue weighted by atomic mass is 16.5. The number of aliphatic carboxylic acids is 1. The summed E-state index contributed by atoms with van der Waals surface area (Å²) in [5.41, 5.74) is 8.24. The van der Waals surface area contributed by atoms with Crippen LogP contribution in [-0.2, 0) is 16.0 Å². The standard InChI is InChI=1S/C33H26N2O4/c36-32(37)31(19-21-13-15-22(16-14-21)23-17-18-34-30-12-6-5-11-28(23)30)35-33(38)39-20-29-26-9-3-1-7-24(26)25-8-2-4-10-27(25)29/h1-18,29,31H,19-20H2,(H,35,38)(H,36,37). The first-order valence-electron chi connectivity index (χ1n) is 12.9.